The molecular weight excluding hydrogens is 474 g/mol. The van der Waals surface area contributed by atoms with Crippen molar-refractivity contribution in [1.82, 2.24) is 15.0 Å². The standard InChI is InChI=1S/C28H35N3O6/c1-5-6-7-8-9-10-15-35-25-14-12-22(19-26(25)34-4)31-29-23-13-11-21(18-24(23)30-31)28(33)37-17-16-36-27(32)20(2)3/h11-14,18-19H,2,5-10,15-17H2,1,3-4H3. The highest BCUT2D eigenvalue weighted by atomic mass is 16.6. The van der Waals surface area contributed by atoms with Crippen LogP contribution < -0.4 is 9.47 Å². The van der Waals surface area contributed by atoms with Gasteiger partial charge in [-0.15, -0.1) is 10.2 Å². The highest BCUT2D eigenvalue weighted by Gasteiger charge is 2.14. The summed E-state index contributed by atoms with van der Waals surface area (Å²) in [6.45, 7) is 7.79. The summed E-state index contributed by atoms with van der Waals surface area (Å²) < 4.78 is 21.6. The Morgan fingerprint density at radius 3 is 2.35 bits per heavy atom. The molecule has 0 bridgehead atoms. The Balaban J connectivity index is 1.60. The second kappa shape index (κ2) is 14.0. The number of esters is 2. The van der Waals surface area contributed by atoms with E-state index < -0.39 is 11.9 Å². The normalized spacial score (nSPS) is 10.8. The zero-order chi connectivity index (χ0) is 26.6. The average Bonchev–Trinajstić information content (AvgIpc) is 3.33. The summed E-state index contributed by atoms with van der Waals surface area (Å²) in [7, 11) is 1.60. The van der Waals surface area contributed by atoms with Crippen molar-refractivity contribution in [2.75, 3.05) is 26.9 Å². The van der Waals surface area contributed by atoms with Gasteiger partial charge in [-0.25, -0.2) is 9.59 Å². The first-order valence-corrected chi connectivity index (χ1v) is 12.6. The molecule has 0 aliphatic rings. The number of hydrogen-bond acceptors (Lipinski definition) is 8. The van der Waals surface area contributed by atoms with E-state index in [1.165, 1.54) is 30.5 Å². The number of carbonyl (C=O) groups excluding carboxylic acids is 2. The molecule has 0 saturated heterocycles. The lowest BCUT2D eigenvalue weighted by Crippen LogP contribution is -2.14. The van der Waals surface area contributed by atoms with Crippen LogP contribution in [0.25, 0.3) is 16.7 Å². The van der Waals surface area contributed by atoms with Crippen molar-refractivity contribution < 1.29 is 28.5 Å². The van der Waals surface area contributed by atoms with Crippen LogP contribution in [-0.4, -0.2) is 53.9 Å². The third-order valence-electron chi connectivity index (χ3n) is 5.65. The quantitative estimate of drug-likeness (QED) is 0.152. The van der Waals surface area contributed by atoms with Crippen LogP contribution in [0, 0.1) is 0 Å². The van der Waals surface area contributed by atoms with Crippen LogP contribution >= 0.6 is 0 Å². The van der Waals surface area contributed by atoms with Gasteiger partial charge in [-0.3, -0.25) is 0 Å². The third-order valence-corrected chi connectivity index (χ3v) is 5.65. The predicted octanol–water partition coefficient (Wildman–Crippen LogP) is 5.44. The predicted molar refractivity (Wildman–Crippen MR) is 140 cm³/mol. The lowest BCUT2D eigenvalue weighted by Gasteiger charge is -2.12. The second-order valence-corrected chi connectivity index (χ2v) is 8.70. The topological polar surface area (TPSA) is 102 Å². The highest BCUT2D eigenvalue weighted by Crippen LogP contribution is 2.30. The van der Waals surface area contributed by atoms with Crippen LogP contribution in [0.4, 0.5) is 0 Å². The lowest BCUT2D eigenvalue weighted by atomic mass is 10.1. The van der Waals surface area contributed by atoms with Crippen LogP contribution in [0.3, 0.4) is 0 Å². The molecular formula is C28H35N3O6. The molecule has 37 heavy (non-hydrogen) atoms. The number of ether oxygens (including phenoxy) is 4. The van der Waals surface area contributed by atoms with Gasteiger partial charge in [0, 0.05) is 11.6 Å². The molecule has 0 saturated carbocycles. The van der Waals surface area contributed by atoms with E-state index in [1.54, 1.807) is 32.2 Å². The van der Waals surface area contributed by atoms with E-state index in [-0.39, 0.29) is 18.8 Å². The summed E-state index contributed by atoms with van der Waals surface area (Å²) >= 11 is 0. The molecule has 9 heteroatoms. The maximum absolute atomic E-state index is 12.4. The van der Waals surface area contributed by atoms with Gasteiger partial charge in [0.1, 0.15) is 24.2 Å². The highest BCUT2D eigenvalue weighted by molar-refractivity contribution is 5.93. The van der Waals surface area contributed by atoms with Gasteiger partial charge in [0.25, 0.3) is 0 Å². The first kappa shape index (κ1) is 27.7. The SMILES string of the molecule is C=C(C)C(=O)OCCOC(=O)c1ccc2nn(-c3ccc(OCCCCCCCC)c(OC)c3)nc2c1. The van der Waals surface area contributed by atoms with Gasteiger partial charge in [-0.1, -0.05) is 45.6 Å². The van der Waals surface area contributed by atoms with E-state index in [0.29, 0.717) is 40.4 Å². The van der Waals surface area contributed by atoms with Crippen LogP contribution in [0.15, 0.2) is 48.6 Å². The summed E-state index contributed by atoms with van der Waals surface area (Å²) in [6, 6.07) is 10.4. The summed E-state index contributed by atoms with van der Waals surface area (Å²) in [5, 5.41) is 9.01. The van der Waals surface area contributed by atoms with Gasteiger partial charge in [0.15, 0.2) is 11.5 Å². The Morgan fingerprint density at radius 1 is 0.865 bits per heavy atom. The summed E-state index contributed by atoms with van der Waals surface area (Å²) in [5.74, 6) is 0.205. The van der Waals surface area contributed by atoms with Crippen molar-refractivity contribution in [3.8, 4) is 17.2 Å². The molecule has 1 aromatic heterocycles. The molecule has 0 aliphatic heterocycles. The van der Waals surface area contributed by atoms with Gasteiger partial charge in [-0.2, -0.15) is 4.80 Å². The summed E-state index contributed by atoms with van der Waals surface area (Å²) in [6.07, 6.45) is 7.19. The number of nitrogens with zero attached hydrogens (tertiary/aromatic N) is 3. The lowest BCUT2D eigenvalue weighted by molar-refractivity contribution is -0.140. The molecule has 0 unspecified atom stereocenters. The fourth-order valence-electron chi connectivity index (χ4n) is 3.60. The average molecular weight is 510 g/mol. The first-order valence-electron chi connectivity index (χ1n) is 12.6. The van der Waals surface area contributed by atoms with Crippen LogP contribution in [-0.2, 0) is 14.3 Å². The minimum absolute atomic E-state index is 0.0453. The van der Waals surface area contributed by atoms with E-state index in [4.69, 9.17) is 18.9 Å². The van der Waals surface area contributed by atoms with Gasteiger partial charge < -0.3 is 18.9 Å². The molecule has 0 atom stereocenters. The molecule has 198 valence electrons. The molecule has 0 radical (unpaired) electrons. The smallest absolute Gasteiger partial charge is 0.338 e. The molecule has 2 aromatic carbocycles. The van der Waals surface area contributed by atoms with E-state index >= 15 is 0 Å². The van der Waals surface area contributed by atoms with Crippen molar-refractivity contribution >= 4 is 23.0 Å². The minimum atomic E-state index is -0.545. The number of benzene rings is 2. The second-order valence-electron chi connectivity index (χ2n) is 8.70. The summed E-state index contributed by atoms with van der Waals surface area (Å²) in [5.41, 5.74) is 2.46. The first-order chi connectivity index (χ1) is 17.9. The Morgan fingerprint density at radius 2 is 1.59 bits per heavy atom. The number of aromatic nitrogens is 3. The molecule has 0 aliphatic carbocycles. The molecule has 0 amide bonds. The van der Waals surface area contributed by atoms with Gasteiger partial charge in [0.2, 0.25) is 0 Å². The number of rotatable bonds is 15. The van der Waals surface area contributed by atoms with Crippen LogP contribution in [0.2, 0.25) is 0 Å². The Labute approximate surface area is 217 Å². The number of unbranched alkanes of at least 4 members (excludes halogenated alkanes) is 5. The minimum Gasteiger partial charge on any atom is -0.493 e. The van der Waals surface area contributed by atoms with Gasteiger partial charge in [0.05, 0.1) is 25.0 Å². The largest absolute Gasteiger partial charge is 0.493 e. The zero-order valence-corrected chi connectivity index (χ0v) is 21.8. The van der Waals surface area contributed by atoms with Crippen molar-refractivity contribution in [2.24, 2.45) is 0 Å². The molecule has 9 nitrogen and oxygen atoms in total. The third kappa shape index (κ3) is 8.06. The van der Waals surface area contributed by atoms with E-state index in [2.05, 4.69) is 23.7 Å². The number of carbonyl (C=O) groups is 2. The van der Waals surface area contributed by atoms with Crippen molar-refractivity contribution in [3.05, 3.63) is 54.1 Å². The fourth-order valence-corrected chi connectivity index (χ4v) is 3.60. The van der Waals surface area contributed by atoms with Gasteiger partial charge >= 0.3 is 11.9 Å². The molecule has 3 rings (SSSR count). The van der Waals surface area contributed by atoms with Crippen molar-refractivity contribution in [2.45, 2.75) is 52.4 Å². The summed E-state index contributed by atoms with van der Waals surface area (Å²) in [4.78, 5) is 25.2. The van der Waals surface area contributed by atoms with E-state index in [0.717, 1.165) is 12.8 Å². The molecule has 1 heterocycles. The van der Waals surface area contributed by atoms with Gasteiger partial charge in [-0.05, 0) is 43.7 Å². The maximum Gasteiger partial charge on any atom is 0.338 e. The number of methoxy groups -OCH3 is 1. The molecule has 0 spiro atoms. The zero-order valence-electron chi connectivity index (χ0n) is 21.8. The Hall–Kier alpha value is -3.88. The number of fused-ring (bicyclic) bond motifs is 1. The van der Waals surface area contributed by atoms with E-state index in [9.17, 15) is 9.59 Å². The fraction of sp³-hybridized carbons (Fsp3) is 0.429. The molecule has 0 fully saturated rings. The molecule has 0 N–H and O–H groups in total. The Kier molecular flexibility index (Phi) is 10.5. The van der Waals surface area contributed by atoms with Crippen LogP contribution in [0.5, 0.6) is 11.5 Å². The number of hydrogen-bond donors (Lipinski definition) is 0. The van der Waals surface area contributed by atoms with Crippen LogP contribution in [0.1, 0.15) is 62.7 Å². The Bertz CT molecular complexity index is 1220. The monoisotopic (exact) mass is 509 g/mol. The molecule has 3 aromatic rings. The van der Waals surface area contributed by atoms with Crippen molar-refractivity contribution in [3.63, 3.8) is 0 Å². The van der Waals surface area contributed by atoms with E-state index in [1.807, 2.05) is 18.2 Å². The maximum atomic E-state index is 12.4. The van der Waals surface area contributed by atoms with Crippen molar-refractivity contribution in [1.29, 1.82) is 0 Å².